The molecule has 0 aliphatic carbocycles. The molecule has 0 atom stereocenters. The number of fused-ring (bicyclic) bond motifs is 1. The summed E-state index contributed by atoms with van der Waals surface area (Å²) in [5.41, 5.74) is 0.864. The van der Waals surface area contributed by atoms with Crippen LogP contribution in [-0.4, -0.2) is 17.2 Å². The summed E-state index contributed by atoms with van der Waals surface area (Å²) >= 11 is 0. The van der Waals surface area contributed by atoms with Crippen LogP contribution in [0, 0.1) is 11.3 Å². The molecule has 16 heavy (non-hydrogen) atoms. The number of carbonyl (C=O) groups excluding carboxylic acids is 1. The maximum absolute atomic E-state index is 12.2. The molecule has 0 fully saturated rings. The van der Waals surface area contributed by atoms with Gasteiger partial charge in [0.15, 0.2) is 0 Å². The van der Waals surface area contributed by atoms with Crippen LogP contribution in [0.1, 0.15) is 15.9 Å². The summed E-state index contributed by atoms with van der Waals surface area (Å²) in [4.78, 5) is 13.8. The van der Waals surface area contributed by atoms with Gasteiger partial charge in [-0.15, -0.1) is 0 Å². The zero-order valence-corrected chi connectivity index (χ0v) is 8.00. The molecule has 0 saturated carbocycles. The highest BCUT2D eigenvalue weighted by molar-refractivity contribution is 6.09. The Morgan fingerprint density at radius 2 is 2.19 bits per heavy atom. The number of ketones is 1. The molecule has 0 aliphatic rings. The number of nitrogens with one attached hydrogen (secondary N) is 1. The number of benzene rings is 1. The first kappa shape index (κ1) is 10.3. The summed E-state index contributed by atoms with van der Waals surface area (Å²) < 4.78 is 24.5. The molecule has 1 N–H and O–H groups in total. The Hall–Kier alpha value is -2.22. The number of aromatic nitrogens is 1. The van der Waals surface area contributed by atoms with E-state index in [0.717, 1.165) is 0 Å². The molecule has 1 heterocycles. The van der Waals surface area contributed by atoms with Crippen LogP contribution >= 0.6 is 0 Å². The Morgan fingerprint density at radius 3 is 2.81 bits per heavy atom. The van der Waals surface area contributed by atoms with Crippen molar-refractivity contribution in [3.63, 3.8) is 0 Å². The average Bonchev–Trinajstić information content (AvgIpc) is 2.70. The Bertz CT molecular complexity index is 596. The molecule has 0 aliphatic heterocycles. The third kappa shape index (κ3) is 1.54. The van der Waals surface area contributed by atoms with Crippen molar-refractivity contribution in [3.8, 4) is 6.07 Å². The van der Waals surface area contributed by atoms with Crippen LogP contribution in [0.5, 0.6) is 0 Å². The van der Waals surface area contributed by atoms with Gasteiger partial charge in [-0.25, -0.2) is 8.78 Å². The summed E-state index contributed by atoms with van der Waals surface area (Å²) in [5.74, 6) is -1.21. The van der Waals surface area contributed by atoms with E-state index in [1.54, 1.807) is 0 Å². The highest BCUT2D eigenvalue weighted by Crippen LogP contribution is 2.21. The van der Waals surface area contributed by atoms with Gasteiger partial charge >= 0.3 is 6.43 Å². The Morgan fingerprint density at radius 1 is 1.44 bits per heavy atom. The first-order valence-electron chi connectivity index (χ1n) is 4.47. The van der Waals surface area contributed by atoms with Gasteiger partial charge in [0.1, 0.15) is 0 Å². The largest absolute Gasteiger partial charge is 0.360 e. The number of halogens is 2. The van der Waals surface area contributed by atoms with Crippen LogP contribution in [0.4, 0.5) is 8.78 Å². The fourth-order valence-electron chi connectivity index (χ4n) is 1.52. The zero-order valence-electron chi connectivity index (χ0n) is 8.00. The van der Waals surface area contributed by atoms with E-state index in [-0.39, 0.29) is 5.56 Å². The van der Waals surface area contributed by atoms with Crippen LogP contribution in [0.2, 0.25) is 0 Å². The second-order valence-electron chi connectivity index (χ2n) is 3.24. The van der Waals surface area contributed by atoms with Crippen molar-refractivity contribution in [2.75, 3.05) is 0 Å². The molecule has 3 nitrogen and oxygen atoms in total. The lowest BCUT2D eigenvalue weighted by molar-refractivity contribution is 0.0680. The summed E-state index contributed by atoms with van der Waals surface area (Å²) in [5, 5.41) is 9.06. The van der Waals surface area contributed by atoms with E-state index < -0.39 is 12.2 Å². The zero-order chi connectivity index (χ0) is 11.7. The SMILES string of the molecule is N#Cc1ccc2c(C(=O)C(F)F)c[nH]c2c1. The lowest BCUT2D eigenvalue weighted by Crippen LogP contribution is -2.09. The molecule has 1 aromatic heterocycles. The molecule has 80 valence electrons. The van der Waals surface area contributed by atoms with Gasteiger partial charge in [-0.1, -0.05) is 6.07 Å². The summed E-state index contributed by atoms with van der Waals surface area (Å²) in [6.45, 7) is 0. The van der Waals surface area contributed by atoms with E-state index in [0.29, 0.717) is 16.5 Å². The van der Waals surface area contributed by atoms with Crippen molar-refractivity contribution < 1.29 is 13.6 Å². The third-order valence-corrected chi connectivity index (χ3v) is 2.27. The maximum Gasteiger partial charge on any atom is 0.300 e. The number of rotatable bonds is 2. The Kier molecular flexibility index (Phi) is 2.41. The van der Waals surface area contributed by atoms with Gasteiger partial charge in [0.25, 0.3) is 0 Å². The summed E-state index contributed by atoms with van der Waals surface area (Å²) in [7, 11) is 0. The highest BCUT2D eigenvalue weighted by Gasteiger charge is 2.21. The van der Waals surface area contributed by atoms with E-state index in [4.69, 9.17) is 5.26 Å². The predicted molar refractivity (Wildman–Crippen MR) is 53.3 cm³/mol. The van der Waals surface area contributed by atoms with Crippen LogP contribution in [0.3, 0.4) is 0 Å². The smallest absolute Gasteiger partial charge is 0.300 e. The lowest BCUT2D eigenvalue weighted by atomic mass is 10.1. The molecule has 0 unspecified atom stereocenters. The number of hydrogen-bond acceptors (Lipinski definition) is 2. The standard InChI is InChI=1S/C11H6F2N2O/c12-11(13)10(16)8-5-15-9-3-6(4-14)1-2-7(8)9/h1-3,5,11,15H. The minimum Gasteiger partial charge on any atom is -0.360 e. The van der Waals surface area contributed by atoms with E-state index in [9.17, 15) is 13.6 Å². The molecule has 1 aromatic carbocycles. The van der Waals surface area contributed by atoms with E-state index in [1.807, 2.05) is 6.07 Å². The van der Waals surface area contributed by atoms with Gasteiger partial charge in [-0.2, -0.15) is 5.26 Å². The van der Waals surface area contributed by atoms with Crippen molar-refractivity contribution in [2.24, 2.45) is 0 Å². The lowest BCUT2D eigenvalue weighted by Gasteiger charge is -1.97. The van der Waals surface area contributed by atoms with Crippen molar-refractivity contribution >= 4 is 16.7 Å². The molecule has 0 spiro atoms. The first-order valence-corrected chi connectivity index (χ1v) is 4.47. The highest BCUT2D eigenvalue weighted by atomic mass is 19.3. The molecule has 2 rings (SSSR count). The third-order valence-electron chi connectivity index (χ3n) is 2.27. The minimum atomic E-state index is -3.02. The van der Waals surface area contributed by atoms with Crippen molar-refractivity contribution in [1.82, 2.24) is 4.98 Å². The summed E-state index contributed by atoms with van der Waals surface area (Å²) in [6, 6.07) is 6.41. The van der Waals surface area contributed by atoms with Crippen LogP contribution in [0.25, 0.3) is 10.9 Å². The molecular formula is C11H6F2N2O. The minimum absolute atomic E-state index is 0.0468. The van der Waals surface area contributed by atoms with Crippen molar-refractivity contribution in [3.05, 3.63) is 35.5 Å². The number of hydrogen-bond donors (Lipinski definition) is 1. The van der Waals surface area contributed by atoms with Gasteiger partial charge in [-0.05, 0) is 12.1 Å². The van der Waals surface area contributed by atoms with Gasteiger partial charge in [0.05, 0.1) is 11.6 Å². The molecule has 2 aromatic rings. The number of aromatic amines is 1. The molecular weight excluding hydrogens is 214 g/mol. The molecule has 0 saturated heterocycles. The Labute approximate surface area is 89.3 Å². The van der Waals surface area contributed by atoms with Crippen LogP contribution < -0.4 is 0 Å². The van der Waals surface area contributed by atoms with Gasteiger partial charge < -0.3 is 4.98 Å². The van der Waals surface area contributed by atoms with E-state index >= 15 is 0 Å². The molecule has 0 amide bonds. The van der Waals surface area contributed by atoms with Gasteiger partial charge in [0, 0.05) is 22.7 Å². The first-order chi connectivity index (χ1) is 7.63. The topological polar surface area (TPSA) is 56.6 Å². The second kappa shape index (κ2) is 3.74. The number of Topliss-reactive ketones (excluding diaryl/α,β-unsaturated/α-hetero) is 1. The number of nitrogens with zero attached hydrogens (tertiary/aromatic N) is 1. The van der Waals surface area contributed by atoms with Gasteiger partial charge in [-0.3, -0.25) is 4.79 Å². The predicted octanol–water partition coefficient (Wildman–Crippen LogP) is 2.49. The summed E-state index contributed by atoms with van der Waals surface area (Å²) in [6.07, 6.45) is -1.78. The maximum atomic E-state index is 12.2. The second-order valence-corrected chi connectivity index (χ2v) is 3.24. The normalized spacial score (nSPS) is 10.6. The molecule has 0 bridgehead atoms. The Balaban J connectivity index is 2.59. The molecule has 0 radical (unpaired) electrons. The monoisotopic (exact) mass is 220 g/mol. The number of H-pyrrole nitrogens is 1. The number of nitriles is 1. The van der Waals surface area contributed by atoms with Crippen molar-refractivity contribution in [1.29, 1.82) is 5.26 Å². The van der Waals surface area contributed by atoms with E-state index in [2.05, 4.69) is 4.98 Å². The fraction of sp³-hybridized carbons (Fsp3) is 0.0909. The number of alkyl halides is 2. The fourth-order valence-corrected chi connectivity index (χ4v) is 1.52. The van der Waals surface area contributed by atoms with Gasteiger partial charge in [0.2, 0.25) is 5.78 Å². The average molecular weight is 220 g/mol. The van der Waals surface area contributed by atoms with Crippen LogP contribution in [-0.2, 0) is 0 Å². The van der Waals surface area contributed by atoms with Crippen LogP contribution in [0.15, 0.2) is 24.4 Å². The van der Waals surface area contributed by atoms with Crippen molar-refractivity contribution in [2.45, 2.75) is 6.43 Å². The van der Waals surface area contributed by atoms with E-state index in [1.165, 1.54) is 24.4 Å². The molecule has 5 heteroatoms. The quantitative estimate of drug-likeness (QED) is 0.790. The number of carbonyl (C=O) groups is 1.